The van der Waals surface area contributed by atoms with Gasteiger partial charge in [0.2, 0.25) is 17.7 Å². The van der Waals surface area contributed by atoms with Gasteiger partial charge in [0.15, 0.2) is 0 Å². The average Bonchev–Trinajstić information content (AvgIpc) is 3.38. The largest absolute Gasteiger partial charge is 0.339 e. The number of carbonyl (C=O) groups is 4. The van der Waals surface area contributed by atoms with E-state index in [1.807, 2.05) is 23.1 Å². The van der Waals surface area contributed by atoms with E-state index < -0.39 is 11.9 Å². The minimum absolute atomic E-state index is 0.0806. The zero-order valence-electron chi connectivity index (χ0n) is 18.1. The topological polar surface area (TPSA) is 102 Å². The second-order valence-electron chi connectivity index (χ2n) is 9.10. The molecule has 3 saturated heterocycles. The fraction of sp³-hybridized carbons (Fsp3) is 0.565. The van der Waals surface area contributed by atoms with Crippen LogP contribution in [0.25, 0.3) is 0 Å². The lowest BCUT2D eigenvalue weighted by Crippen LogP contribution is -2.52. The number of rotatable bonds is 4. The van der Waals surface area contributed by atoms with Crippen molar-refractivity contribution in [2.75, 3.05) is 32.7 Å². The predicted molar refractivity (Wildman–Crippen MR) is 115 cm³/mol. The Balaban J connectivity index is 1.27. The number of fused-ring (bicyclic) bond motifs is 1. The van der Waals surface area contributed by atoms with Crippen LogP contribution in [0.5, 0.6) is 0 Å². The van der Waals surface area contributed by atoms with E-state index in [-0.39, 0.29) is 30.2 Å². The first-order chi connectivity index (χ1) is 15.5. The Bertz CT molecular complexity index is 958. The first kappa shape index (κ1) is 21.1. The summed E-state index contributed by atoms with van der Waals surface area (Å²) in [6, 6.07) is 5.14. The van der Waals surface area contributed by atoms with Crippen LogP contribution in [0.15, 0.2) is 18.2 Å². The van der Waals surface area contributed by atoms with Crippen LogP contribution in [0.3, 0.4) is 0 Å². The molecule has 4 amide bonds. The van der Waals surface area contributed by atoms with Gasteiger partial charge < -0.3 is 15.1 Å². The van der Waals surface area contributed by atoms with E-state index >= 15 is 0 Å². The number of piperazine rings is 1. The van der Waals surface area contributed by atoms with E-state index in [9.17, 15) is 19.2 Å². The number of piperidine rings is 1. The Morgan fingerprint density at radius 1 is 1.06 bits per heavy atom. The van der Waals surface area contributed by atoms with Crippen LogP contribution < -0.4 is 10.6 Å². The van der Waals surface area contributed by atoms with Crippen molar-refractivity contribution in [1.82, 2.24) is 25.3 Å². The minimum atomic E-state index is -0.601. The third kappa shape index (κ3) is 3.91. The Kier molecular flexibility index (Phi) is 5.69. The zero-order chi connectivity index (χ0) is 22.2. The fourth-order valence-corrected chi connectivity index (χ4v) is 5.35. The second-order valence-corrected chi connectivity index (χ2v) is 9.10. The molecule has 170 valence electrons. The summed E-state index contributed by atoms with van der Waals surface area (Å²) in [6.45, 7) is 5.16. The SMILES string of the molecule is O=C1CCC(N2Cc3cc(CN4CCCC4C(=O)N4CCNCC4)ccc3C2=O)C(=O)N1. The Labute approximate surface area is 187 Å². The number of hydrogen-bond donors (Lipinski definition) is 2. The third-order valence-electron chi connectivity index (χ3n) is 7.05. The highest BCUT2D eigenvalue weighted by atomic mass is 16.2. The maximum Gasteiger partial charge on any atom is 0.255 e. The Morgan fingerprint density at radius 2 is 1.88 bits per heavy atom. The highest BCUT2D eigenvalue weighted by Crippen LogP contribution is 2.29. The molecule has 2 atom stereocenters. The number of nitrogens with zero attached hydrogens (tertiary/aromatic N) is 3. The molecule has 4 aliphatic heterocycles. The monoisotopic (exact) mass is 439 g/mol. The van der Waals surface area contributed by atoms with E-state index in [0.717, 1.165) is 56.7 Å². The molecule has 1 aromatic carbocycles. The quantitative estimate of drug-likeness (QED) is 0.633. The Hall–Kier alpha value is -2.78. The summed E-state index contributed by atoms with van der Waals surface area (Å²) in [5.74, 6) is -0.611. The van der Waals surface area contributed by atoms with Crippen LogP contribution in [-0.2, 0) is 27.5 Å². The molecule has 2 unspecified atom stereocenters. The first-order valence-corrected chi connectivity index (χ1v) is 11.5. The zero-order valence-corrected chi connectivity index (χ0v) is 18.1. The summed E-state index contributed by atoms with van der Waals surface area (Å²) in [7, 11) is 0. The van der Waals surface area contributed by atoms with E-state index in [2.05, 4.69) is 15.5 Å². The molecule has 32 heavy (non-hydrogen) atoms. The van der Waals surface area contributed by atoms with E-state index in [0.29, 0.717) is 25.1 Å². The molecule has 4 heterocycles. The first-order valence-electron chi connectivity index (χ1n) is 11.5. The van der Waals surface area contributed by atoms with Crippen molar-refractivity contribution in [1.29, 1.82) is 0 Å². The highest BCUT2D eigenvalue weighted by Gasteiger charge is 2.39. The van der Waals surface area contributed by atoms with Crippen LogP contribution in [0.4, 0.5) is 0 Å². The van der Waals surface area contributed by atoms with Gasteiger partial charge in [0.05, 0.1) is 6.04 Å². The summed E-state index contributed by atoms with van der Waals surface area (Å²) in [6.07, 6.45) is 2.50. The van der Waals surface area contributed by atoms with Crippen molar-refractivity contribution < 1.29 is 19.2 Å². The highest BCUT2D eigenvalue weighted by molar-refractivity contribution is 6.05. The molecular formula is C23H29N5O4. The second kappa shape index (κ2) is 8.63. The van der Waals surface area contributed by atoms with Gasteiger partial charge in [0.1, 0.15) is 6.04 Å². The maximum atomic E-state index is 13.0. The van der Waals surface area contributed by atoms with Crippen LogP contribution in [0.2, 0.25) is 0 Å². The van der Waals surface area contributed by atoms with Gasteiger partial charge in [0.25, 0.3) is 5.91 Å². The minimum Gasteiger partial charge on any atom is -0.339 e. The van der Waals surface area contributed by atoms with E-state index in [1.165, 1.54) is 0 Å². The summed E-state index contributed by atoms with van der Waals surface area (Å²) >= 11 is 0. The molecule has 4 aliphatic rings. The number of imide groups is 1. The van der Waals surface area contributed by atoms with Crippen LogP contribution in [0, 0.1) is 0 Å². The molecule has 2 N–H and O–H groups in total. The van der Waals surface area contributed by atoms with Crippen molar-refractivity contribution in [3.8, 4) is 0 Å². The molecule has 9 heteroatoms. The molecule has 3 fully saturated rings. The smallest absolute Gasteiger partial charge is 0.255 e. The normalized spacial score (nSPS) is 26.4. The van der Waals surface area contributed by atoms with Crippen molar-refractivity contribution in [3.63, 3.8) is 0 Å². The molecule has 0 radical (unpaired) electrons. The summed E-state index contributed by atoms with van der Waals surface area (Å²) in [5.41, 5.74) is 2.59. The van der Waals surface area contributed by atoms with E-state index in [1.54, 1.807) is 4.90 Å². The lowest BCUT2D eigenvalue weighted by molar-refractivity contribution is -0.137. The molecule has 0 saturated carbocycles. The van der Waals surface area contributed by atoms with Crippen LogP contribution >= 0.6 is 0 Å². The third-order valence-corrected chi connectivity index (χ3v) is 7.05. The molecule has 1 aromatic rings. The number of carbonyl (C=O) groups excluding carboxylic acids is 4. The van der Waals surface area contributed by atoms with E-state index in [4.69, 9.17) is 0 Å². The number of hydrogen-bond acceptors (Lipinski definition) is 6. The number of likely N-dealkylation sites (tertiary alicyclic amines) is 1. The molecule has 0 spiro atoms. The van der Waals surface area contributed by atoms with Gasteiger partial charge in [-0.25, -0.2) is 0 Å². The van der Waals surface area contributed by atoms with Crippen molar-refractivity contribution in [2.24, 2.45) is 0 Å². The summed E-state index contributed by atoms with van der Waals surface area (Å²) < 4.78 is 0. The van der Waals surface area contributed by atoms with Crippen LogP contribution in [-0.4, -0.2) is 83.1 Å². The van der Waals surface area contributed by atoms with Gasteiger partial charge in [-0.05, 0) is 43.0 Å². The van der Waals surface area contributed by atoms with Gasteiger partial charge in [-0.1, -0.05) is 12.1 Å². The molecule has 5 rings (SSSR count). The number of amides is 4. The standard InChI is InChI=1S/C23H29N5O4/c29-20-6-5-18(21(30)25-20)28-14-16-12-15(3-4-17(16)22(28)31)13-27-9-1-2-19(27)23(32)26-10-7-24-8-11-26/h3-4,12,18-19,24H,1-2,5-11,13-14H2,(H,25,29,30). The van der Waals surface area contributed by atoms with Crippen LogP contribution in [0.1, 0.15) is 47.2 Å². The maximum absolute atomic E-state index is 13.0. The van der Waals surface area contributed by atoms with Gasteiger partial charge in [-0.3, -0.25) is 29.4 Å². The molecule has 9 nitrogen and oxygen atoms in total. The number of benzene rings is 1. The molecular weight excluding hydrogens is 410 g/mol. The van der Waals surface area contributed by atoms with Gasteiger partial charge >= 0.3 is 0 Å². The lowest BCUT2D eigenvalue weighted by atomic mass is 10.0. The van der Waals surface area contributed by atoms with Gasteiger partial charge in [0, 0.05) is 51.3 Å². The van der Waals surface area contributed by atoms with Crippen molar-refractivity contribution in [3.05, 3.63) is 34.9 Å². The molecule has 0 aromatic heterocycles. The van der Waals surface area contributed by atoms with Crippen molar-refractivity contribution >= 4 is 23.6 Å². The average molecular weight is 440 g/mol. The Morgan fingerprint density at radius 3 is 2.66 bits per heavy atom. The fourth-order valence-electron chi connectivity index (χ4n) is 5.35. The lowest BCUT2D eigenvalue weighted by Gasteiger charge is -2.33. The van der Waals surface area contributed by atoms with Gasteiger partial charge in [-0.2, -0.15) is 0 Å². The van der Waals surface area contributed by atoms with Crippen molar-refractivity contribution in [2.45, 2.75) is 50.9 Å². The van der Waals surface area contributed by atoms with Gasteiger partial charge in [-0.15, -0.1) is 0 Å². The predicted octanol–water partition coefficient (Wildman–Crippen LogP) is -0.156. The number of nitrogens with one attached hydrogen (secondary N) is 2. The molecule has 0 aliphatic carbocycles. The summed E-state index contributed by atoms with van der Waals surface area (Å²) in [5, 5.41) is 5.63. The summed E-state index contributed by atoms with van der Waals surface area (Å²) in [4.78, 5) is 55.4. The molecule has 0 bridgehead atoms.